The van der Waals surface area contributed by atoms with Crippen molar-refractivity contribution in [1.29, 1.82) is 0 Å². The first-order valence-corrected chi connectivity index (χ1v) is 4.98. The summed E-state index contributed by atoms with van der Waals surface area (Å²) in [6.45, 7) is 6.15. The highest BCUT2D eigenvalue weighted by molar-refractivity contribution is 6.28. The van der Waals surface area contributed by atoms with Gasteiger partial charge in [0.25, 0.3) is 0 Å². The summed E-state index contributed by atoms with van der Waals surface area (Å²) >= 11 is 5.80. The SMILES string of the molecule is CC(C)(C)Nc1nc(Cl)nc2[nH]ncc12. The van der Waals surface area contributed by atoms with Gasteiger partial charge in [-0.2, -0.15) is 15.1 Å². The standard InChI is InChI=1S/C9H12ClN5/c1-9(2,3)14-6-5-4-11-15-7(5)13-8(10)12-6/h4H,1-3H3,(H2,11,12,13,14,15). The van der Waals surface area contributed by atoms with Crippen molar-refractivity contribution in [2.75, 3.05) is 5.32 Å². The van der Waals surface area contributed by atoms with Gasteiger partial charge < -0.3 is 5.32 Å². The van der Waals surface area contributed by atoms with Gasteiger partial charge in [-0.3, -0.25) is 5.10 Å². The summed E-state index contributed by atoms with van der Waals surface area (Å²) in [4.78, 5) is 8.16. The number of nitrogens with one attached hydrogen (secondary N) is 2. The van der Waals surface area contributed by atoms with Gasteiger partial charge in [0.1, 0.15) is 5.82 Å². The molecule has 2 heterocycles. The first-order chi connectivity index (χ1) is 6.96. The lowest BCUT2D eigenvalue weighted by atomic mass is 10.1. The quantitative estimate of drug-likeness (QED) is 0.731. The van der Waals surface area contributed by atoms with Crippen LogP contribution in [0.3, 0.4) is 0 Å². The van der Waals surface area contributed by atoms with Gasteiger partial charge in [-0.15, -0.1) is 0 Å². The van der Waals surface area contributed by atoms with Crippen LogP contribution in [0.15, 0.2) is 6.20 Å². The summed E-state index contributed by atoms with van der Waals surface area (Å²) in [7, 11) is 0. The van der Waals surface area contributed by atoms with Gasteiger partial charge in [0.05, 0.1) is 11.6 Å². The minimum absolute atomic E-state index is 0.0815. The molecule has 0 spiro atoms. The highest BCUT2D eigenvalue weighted by Gasteiger charge is 2.14. The molecule has 0 aliphatic carbocycles. The lowest BCUT2D eigenvalue weighted by molar-refractivity contribution is 0.631. The van der Waals surface area contributed by atoms with Crippen LogP contribution in [0.1, 0.15) is 20.8 Å². The zero-order chi connectivity index (χ0) is 11.1. The first-order valence-electron chi connectivity index (χ1n) is 4.60. The molecule has 6 heteroatoms. The molecule has 5 nitrogen and oxygen atoms in total. The highest BCUT2D eigenvalue weighted by Crippen LogP contribution is 2.22. The molecule has 0 saturated heterocycles. The third-order valence-electron chi connectivity index (χ3n) is 1.78. The van der Waals surface area contributed by atoms with Crippen molar-refractivity contribution in [1.82, 2.24) is 20.2 Å². The fourth-order valence-electron chi connectivity index (χ4n) is 1.26. The van der Waals surface area contributed by atoms with E-state index in [4.69, 9.17) is 11.6 Å². The van der Waals surface area contributed by atoms with Gasteiger partial charge in [0.2, 0.25) is 5.28 Å². The molecule has 0 aliphatic heterocycles. The Morgan fingerprint density at radius 1 is 1.33 bits per heavy atom. The maximum Gasteiger partial charge on any atom is 0.226 e. The maximum absolute atomic E-state index is 5.80. The number of aromatic nitrogens is 4. The van der Waals surface area contributed by atoms with Crippen molar-refractivity contribution in [3.63, 3.8) is 0 Å². The van der Waals surface area contributed by atoms with Crippen LogP contribution in [-0.4, -0.2) is 25.7 Å². The van der Waals surface area contributed by atoms with Gasteiger partial charge in [-0.1, -0.05) is 0 Å². The molecule has 2 aromatic heterocycles. The van der Waals surface area contributed by atoms with E-state index in [1.54, 1.807) is 6.20 Å². The van der Waals surface area contributed by atoms with Crippen LogP contribution in [0, 0.1) is 0 Å². The predicted octanol–water partition coefficient (Wildman–Crippen LogP) is 2.22. The van der Waals surface area contributed by atoms with Crippen LogP contribution in [0.2, 0.25) is 5.28 Å². The largest absolute Gasteiger partial charge is 0.365 e. The van der Waals surface area contributed by atoms with Crippen LogP contribution < -0.4 is 5.32 Å². The molecule has 0 aliphatic rings. The number of hydrogen-bond donors (Lipinski definition) is 2. The number of fused-ring (bicyclic) bond motifs is 1. The van der Waals surface area contributed by atoms with Crippen molar-refractivity contribution >= 4 is 28.5 Å². The molecular weight excluding hydrogens is 214 g/mol. The summed E-state index contributed by atoms with van der Waals surface area (Å²) < 4.78 is 0. The normalized spacial score (nSPS) is 12.0. The zero-order valence-electron chi connectivity index (χ0n) is 8.80. The van der Waals surface area contributed by atoms with Crippen molar-refractivity contribution in [2.24, 2.45) is 0 Å². The molecule has 15 heavy (non-hydrogen) atoms. The van der Waals surface area contributed by atoms with E-state index in [2.05, 4.69) is 46.3 Å². The minimum atomic E-state index is -0.0815. The molecule has 80 valence electrons. The molecule has 0 atom stereocenters. The third-order valence-corrected chi connectivity index (χ3v) is 1.94. The number of aromatic amines is 1. The number of rotatable bonds is 1. The molecule has 0 saturated carbocycles. The number of nitrogens with zero attached hydrogens (tertiary/aromatic N) is 3. The fourth-order valence-corrected chi connectivity index (χ4v) is 1.43. The Hall–Kier alpha value is -1.36. The minimum Gasteiger partial charge on any atom is -0.365 e. The highest BCUT2D eigenvalue weighted by atomic mass is 35.5. The lowest BCUT2D eigenvalue weighted by Crippen LogP contribution is -2.26. The second-order valence-electron chi connectivity index (χ2n) is 4.35. The van der Waals surface area contributed by atoms with E-state index < -0.39 is 0 Å². The van der Waals surface area contributed by atoms with Crippen LogP contribution in [0.4, 0.5) is 5.82 Å². The Balaban J connectivity index is 2.53. The van der Waals surface area contributed by atoms with E-state index in [1.807, 2.05) is 0 Å². The Labute approximate surface area is 92.3 Å². The molecular formula is C9H12ClN5. The summed E-state index contributed by atoms with van der Waals surface area (Å²) in [5, 5.41) is 11.0. The second-order valence-corrected chi connectivity index (χ2v) is 4.69. The van der Waals surface area contributed by atoms with E-state index in [0.29, 0.717) is 11.5 Å². The van der Waals surface area contributed by atoms with E-state index >= 15 is 0 Å². The molecule has 0 fully saturated rings. The zero-order valence-corrected chi connectivity index (χ0v) is 9.55. The lowest BCUT2D eigenvalue weighted by Gasteiger charge is -2.21. The van der Waals surface area contributed by atoms with Crippen molar-refractivity contribution in [3.8, 4) is 0 Å². The third kappa shape index (κ3) is 2.18. The van der Waals surface area contributed by atoms with Crippen molar-refractivity contribution in [3.05, 3.63) is 11.5 Å². The maximum atomic E-state index is 5.80. The van der Waals surface area contributed by atoms with Crippen LogP contribution in [-0.2, 0) is 0 Å². The summed E-state index contributed by atoms with van der Waals surface area (Å²) in [6, 6.07) is 0. The van der Waals surface area contributed by atoms with Crippen LogP contribution in [0.5, 0.6) is 0 Å². The molecule has 0 radical (unpaired) electrons. The average Bonchev–Trinajstić information content (AvgIpc) is 2.48. The molecule has 0 amide bonds. The predicted molar refractivity (Wildman–Crippen MR) is 60.1 cm³/mol. The van der Waals surface area contributed by atoms with Crippen molar-refractivity contribution in [2.45, 2.75) is 26.3 Å². The van der Waals surface area contributed by atoms with Gasteiger partial charge in [-0.05, 0) is 32.4 Å². The summed E-state index contributed by atoms with van der Waals surface area (Å²) in [5.41, 5.74) is 0.559. The van der Waals surface area contributed by atoms with Gasteiger partial charge in [-0.25, -0.2) is 0 Å². The number of anilines is 1. The van der Waals surface area contributed by atoms with E-state index in [9.17, 15) is 0 Å². The van der Waals surface area contributed by atoms with E-state index in [1.165, 1.54) is 0 Å². The summed E-state index contributed by atoms with van der Waals surface area (Å²) in [5.74, 6) is 0.700. The van der Waals surface area contributed by atoms with Crippen LogP contribution in [0.25, 0.3) is 11.0 Å². The topological polar surface area (TPSA) is 66.5 Å². The fraction of sp³-hybridized carbons (Fsp3) is 0.444. The van der Waals surface area contributed by atoms with Gasteiger partial charge in [0, 0.05) is 5.54 Å². The number of H-pyrrole nitrogens is 1. The molecule has 0 aromatic carbocycles. The Bertz CT molecular complexity index is 485. The molecule has 0 unspecified atom stereocenters. The Kier molecular flexibility index (Phi) is 2.26. The molecule has 0 bridgehead atoms. The van der Waals surface area contributed by atoms with Gasteiger partial charge in [0.15, 0.2) is 5.65 Å². The smallest absolute Gasteiger partial charge is 0.226 e. The Morgan fingerprint density at radius 2 is 2.07 bits per heavy atom. The van der Waals surface area contributed by atoms with Gasteiger partial charge >= 0.3 is 0 Å². The van der Waals surface area contributed by atoms with Crippen LogP contribution >= 0.6 is 11.6 Å². The summed E-state index contributed by atoms with van der Waals surface area (Å²) in [6.07, 6.45) is 1.68. The molecule has 2 rings (SSSR count). The monoisotopic (exact) mass is 225 g/mol. The average molecular weight is 226 g/mol. The Morgan fingerprint density at radius 3 is 2.73 bits per heavy atom. The van der Waals surface area contributed by atoms with Crippen molar-refractivity contribution < 1.29 is 0 Å². The first kappa shape index (κ1) is 10.2. The number of hydrogen-bond acceptors (Lipinski definition) is 4. The molecule has 2 aromatic rings. The molecule has 2 N–H and O–H groups in total. The van der Waals surface area contributed by atoms with E-state index in [-0.39, 0.29) is 10.8 Å². The second kappa shape index (κ2) is 3.34. The van der Waals surface area contributed by atoms with E-state index in [0.717, 1.165) is 5.39 Å². The number of halogens is 1.